The highest BCUT2D eigenvalue weighted by molar-refractivity contribution is 7.89. The van der Waals surface area contributed by atoms with E-state index in [1.54, 1.807) is 6.92 Å². The summed E-state index contributed by atoms with van der Waals surface area (Å²) < 4.78 is 30.0. The molecule has 20 heavy (non-hydrogen) atoms. The molecule has 0 bridgehead atoms. The summed E-state index contributed by atoms with van der Waals surface area (Å²) >= 11 is 0. The van der Waals surface area contributed by atoms with E-state index < -0.39 is 22.0 Å². The number of carboxylic acids is 1. The molecule has 0 radical (unpaired) electrons. The molecule has 0 saturated carbocycles. The second kappa shape index (κ2) is 8.91. The molecule has 0 aliphatic rings. The van der Waals surface area contributed by atoms with E-state index in [0.29, 0.717) is 0 Å². The molecule has 1 N–H and O–H groups in total. The van der Waals surface area contributed by atoms with Gasteiger partial charge in [-0.1, -0.05) is 13.8 Å². The molecule has 0 unspecified atom stereocenters. The predicted molar refractivity (Wildman–Crippen MR) is 73.7 cm³/mol. The summed E-state index contributed by atoms with van der Waals surface area (Å²) in [5, 5.41) is 8.53. The summed E-state index contributed by atoms with van der Waals surface area (Å²) in [4.78, 5) is 21.9. The Kier molecular flexibility index (Phi) is 8.40. The first-order valence-corrected chi connectivity index (χ1v) is 8.15. The fourth-order valence-electron chi connectivity index (χ4n) is 1.57. The Bertz CT molecular complexity index is 418. The fraction of sp³-hybridized carbons (Fsp3) is 0.833. The van der Waals surface area contributed by atoms with Crippen molar-refractivity contribution in [3.05, 3.63) is 0 Å². The summed E-state index contributed by atoms with van der Waals surface area (Å²) in [6.07, 6.45) is -0.191. The second-order valence-corrected chi connectivity index (χ2v) is 6.89. The standard InChI is InChI=1S/C12H23NO6S/c1-4-19-12(16)9-13(8-10(2)3)20(17,18)7-5-6-11(14)15/h10H,4-9H2,1-3H3,(H,14,15). The average Bonchev–Trinajstić information content (AvgIpc) is 2.26. The number of carboxylic acid groups (broad SMARTS) is 1. The van der Waals surface area contributed by atoms with Crippen LogP contribution in [0.1, 0.15) is 33.6 Å². The minimum absolute atomic E-state index is 0.0229. The molecular weight excluding hydrogens is 286 g/mol. The van der Waals surface area contributed by atoms with Gasteiger partial charge in [0.05, 0.1) is 12.4 Å². The first-order chi connectivity index (χ1) is 9.19. The Morgan fingerprint density at radius 2 is 1.90 bits per heavy atom. The molecule has 0 amide bonds. The van der Waals surface area contributed by atoms with Gasteiger partial charge in [0.1, 0.15) is 6.54 Å². The Morgan fingerprint density at radius 3 is 2.35 bits per heavy atom. The zero-order valence-electron chi connectivity index (χ0n) is 12.2. The van der Waals surface area contributed by atoms with Gasteiger partial charge < -0.3 is 9.84 Å². The van der Waals surface area contributed by atoms with Crippen LogP contribution in [0.5, 0.6) is 0 Å². The number of sulfonamides is 1. The number of esters is 1. The maximum Gasteiger partial charge on any atom is 0.321 e. The first-order valence-electron chi connectivity index (χ1n) is 6.54. The maximum atomic E-state index is 12.1. The van der Waals surface area contributed by atoms with Crippen molar-refractivity contribution in [3.63, 3.8) is 0 Å². The van der Waals surface area contributed by atoms with Crippen LogP contribution in [0.3, 0.4) is 0 Å². The van der Waals surface area contributed by atoms with Gasteiger partial charge in [0.2, 0.25) is 10.0 Å². The van der Waals surface area contributed by atoms with Crippen LogP contribution in [0.15, 0.2) is 0 Å². The minimum Gasteiger partial charge on any atom is -0.481 e. The van der Waals surface area contributed by atoms with E-state index in [4.69, 9.17) is 9.84 Å². The lowest BCUT2D eigenvalue weighted by molar-refractivity contribution is -0.143. The third-order valence-corrected chi connectivity index (χ3v) is 4.24. The molecule has 8 heteroatoms. The zero-order valence-corrected chi connectivity index (χ0v) is 13.0. The number of aliphatic carboxylic acids is 1. The molecule has 0 atom stereocenters. The molecule has 0 rings (SSSR count). The molecule has 0 aromatic heterocycles. The lowest BCUT2D eigenvalue weighted by Crippen LogP contribution is -2.40. The Hall–Kier alpha value is -1.15. The molecule has 0 heterocycles. The monoisotopic (exact) mass is 309 g/mol. The van der Waals surface area contributed by atoms with Crippen LogP contribution in [0.2, 0.25) is 0 Å². The number of carbonyl (C=O) groups excluding carboxylic acids is 1. The van der Waals surface area contributed by atoms with E-state index in [9.17, 15) is 18.0 Å². The molecule has 0 aliphatic heterocycles. The third-order valence-electron chi connectivity index (χ3n) is 2.37. The maximum absolute atomic E-state index is 12.1. The normalized spacial score (nSPS) is 11.8. The molecule has 118 valence electrons. The van der Waals surface area contributed by atoms with Crippen molar-refractivity contribution in [1.29, 1.82) is 0 Å². The van der Waals surface area contributed by atoms with Crippen LogP contribution in [0.25, 0.3) is 0 Å². The summed E-state index contributed by atoms with van der Waals surface area (Å²) in [7, 11) is -3.66. The summed E-state index contributed by atoms with van der Waals surface area (Å²) in [5.41, 5.74) is 0. The topological polar surface area (TPSA) is 101 Å². The van der Waals surface area contributed by atoms with Crippen LogP contribution in [0.4, 0.5) is 0 Å². The van der Waals surface area contributed by atoms with Crippen molar-refractivity contribution in [2.24, 2.45) is 5.92 Å². The van der Waals surface area contributed by atoms with E-state index in [1.165, 1.54) is 0 Å². The van der Waals surface area contributed by atoms with Gasteiger partial charge in [-0.05, 0) is 19.3 Å². The Balaban J connectivity index is 4.72. The molecule has 7 nitrogen and oxygen atoms in total. The fourth-order valence-corrected chi connectivity index (χ4v) is 3.16. The molecule has 0 spiro atoms. The van der Waals surface area contributed by atoms with Crippen LogP contribution in [0, 0.1) is 5.92 Å². The number of ether oxygens (including phenoxy) is 1. The van der Waals surface area contributed by atoms with Crippen LogP contribution in [-0.2, 0) is 24.3 Å². The van der Waals surface area contributed by atoms with Crippen LogP contribution >= 0.6 is 0 Å². The van der Waals surface area contributed by atoms with Gasteiger partial charge in [0, 0.05) is 13.0 Å². The highest BCUT2D eigenvalue weighted by Gasteiger charge is 2.25. The van der Waals surface area contributed by atoms with Crippen molar-refractivity contribution >= 4 is 22.0 Å². The van der Waals surface area contributed by atoms with E-state index >= 15 is 0 Å². The van der Waals surface area contributed by atoms with Crippen molar-refractivity contribution in [1.82, 2.24) is 4.31 Å². The summed E-state index contributed by atoms with van der Waals surface area (Å²) in [6, 6.07) is 0. The number of hydrogen-bond acceptors (Lipinski definition) is 5. The SMILES string of the molecule is CCOC(=O)CN(CC(C)C)S(=O)(=O)CCCC(=O)O. The van der Waals surface area contributed by atoms with Crippen molar-refractivity contribution < 1.29 is 27.9 Å². The Morgan fingerprint density at radius 1 is 1.30 bits per heavy atom. The van der Waals surface area contributed by atoms with Gasteiger partial charge in [-0.3, -0.25) is 9.59 Å². The molecule has 0 aliphatic carbocycles. The van der Waals surface area contributed by atoms with Crippen molar-refractivity contribution in [3.8, 4) is 0 Å². The van der Waals surface area contributed by atoms with Crippen molar-refractivity contribution in [2.75, 3.05) is 25.4 Å². The number of carbonyl (C=O) groups is 2. The van der Waals surface area contributed by atoms with Crippen LogP contribution in [-0.4, -0.2) is 55.2 Å². The van der Waals surface area contributed by atoms with Gasteiger partial charge in [0.25, 0.3) is 0 Å². The lowest BCUT2D eigenvalue weighted by Gasteiger charge is -2.22. The number of rotatable bonds is 10. The Labute approximate surface area is 120 Å². The highest BCUT2D eigenvalue weighted by atomic mass is 32.2. The van der Waals surface area contributed by atoms with Gasteiger partial charge >= 0.3 is 11.9 Å². The predicted octanol–water partition coefficient (Wildman–Crippen LogP) is 0.702. The smallest absolute Gasteiger partial charge is 0.321 e. The second-order valence-electron chi connectivity index (χ2n) is 4.80. The molecular formula is C12H23NO6S. The molecule has 0 fully saturated rings. The van der Waals surface area contributed by atoms with E-state index in [0.717, 1.165) is 4.31 Å². The summed E-state index contributed by atoms with van der Waals surface area (Å²) in [5.74, 6) is -1.87. The lowest BCUT2D eigenvalue weighted by atomic mass is 10.2. The van der Waals surface area contributed by atoms with Gasteiger partial charge in [0.15, 0.2) is 0 Å². The molecule has 0 aromatic carbocycles. The largest absolute Gasteiger partial charge is 0.481 e. The number of hydrogen-bond donors (Lipinski definition) is 1. The van der Waals surface area contributed by atoms with E-state index in [1.807, 2.05) is 13.8 Å². The van der Waals surface area contributed by atoms with Gasteiger partial charge in [-0.2, -0.15) is 4.31 Å². The summed E-state index contributed by atoms with van der Waals surface area (Å²) in [6.45, 7) is 5.38. The first kappa shape index (κ1) is 18.9. The van der Waals surface area contributed by atoms with Crippen molar-refractivity contribution in [2.45, 2.75) is 33.6 Å². The number of nitrogens with zero attached hydrogens (tertiary/aromatic N) is 1. The van der Waals surface area contributed by atoms with E-state index in [-0.39, 0.29) is 44.2 Å². The molecule has 0 saturated heterocycles. The molecule has 0 aromatic rings. The highest BCUT2D eigenvalue weighted by Crippen LogP contribution is 2.09. The minimum atomic E-state index is -3.66. The van der Waals surface area contributed by atoms with Crippen LogP contribution < -0.4 is 0 Å². The third kappa shape index (κ3) is 8.11. The average molecular weight is 309 g/mol. The van der Waals surface area contributed by atoms with Gasteiger partial charge in [-0.15, -0.1) is 0 Å². The van der Waals surface area contributed by atoms with Gasteiger partial charge in [-0.25, -0.2) is 8.42 Å². The quantitative estimate of drug-likeness (QED) is 0.596. The zero-order chi connectivity index (χ0) is 15.8. The van der Waals surface area contributed by atoms with E-state index in [2.05, 4.69) is 0 Å².